The highest BCUT2D eigenvalue weighted by molar-refractivity contribution is 5.73. The molecule has 1 heterocycles. The van der Waals surface area contributed by atoms with Crippen molar-refractivity contribution in [1.82, 2.24) is 15.8 Å². The van der Waals surface area contributed by atoms with Crippen LogP contribution >= 0.6 is 0 Å². The summed E-state index contributed by atoms with van der Waals surface area (Å²) >= 11 is 0. The molecule has 7 nitrogen and oxygen atoms in total. The number of rotatable bonds is 9. The first-order valence-corrected chi connectivity index (χ1v) is 7.11. The molecule has 0 saturated carbocycles. The first kappa shape index (κ1) is 17.0. The van der Waals surface area contributed by atoms with Gasteiger partial charge in [0.15, 0.2) is 0 Å². The number of carboxylic acid groups (broad SMARTS) is 1. The summed E-state index contributed by atoms with van der Waals surface area (Å²) in [6, 6.07) is 1.42. The predicted octanol–water partition coefficient (Wildman–Crippen LogP) is 2.00. The van der Waals surface area contributed by atoms with Crippen LogP contribution in [-0.2, 0) is 11.3 Å². The fourth-order valence-electron chi connectivity index (χ4n) is 2.05. The Balaban J connectivity index is 2.20. The molecule has 0 fully saturated rings. The lowest BCUT2D eigenvalue weighted by molar-refractivity contribution is -0.137. The van der Waals surface area contributed by atoms with Gasteiger partial charge in [0.05, 0.1) is 6.54 Å². The number of aromatic nitrogens is 1. The maximum absolute atomic E-state index is 11.6. The molecule has 0 bridgehead atoms. The summed E-state index contributed by atoms with van der Waals surface area (Å²) in [6.45, 7) is 4.97. The zero-order valence-corrected chi connectivity index (χ0v) is 12.5. The van der Waals surface area contributed by atoms with E-state index in [2.05, 4.69) is 34.2 Å². The second kappa shape index (κ2) is 8.99. The average Bonchev–Trinajstić information content (AvgIpc) is 2.92. The smallest absolute Gasteiger partial charge is 0.315 e. The number of amides is 2. The highest BCUT2D eigenvalue weighted by atomic mass is 16.5. The molecule has 0 aliphatic rings. The van der Waals surface area contributed by atoms with E-state index in [-0.39, 0.29) is 18.4 Å². The van der Waals surface area contributed by atoms with Crippen LogP contribution in [0.4, 0.5) is 4.79 Å². The summed E-state index contributed by atoms with van der Waals surface area (Å²) in [6.07, 6.45) is 3.02. The molecule has 1 unspecified atom stereocenters. The van der Waals surface area contributed by atoms with Crippen molar-refractivity contribution >= 4 is 12.0 Å². The molecule has 0 saturated heterocycles. The Kier molecular flexibility index (Phi) is 7.28. The maximum Gasteiger partial charge on any atom is 0.315 e. The Morgan fingerprint density at radius 2 is 2.10 bits per heavy atom. The Labute approximate surface area is 124 Å². The van der Waals surface area contributed by atoms with Crippen molar-refractivity contribution in [1.29, 1.82) is 0 Å². The maximum atomic E-state index is 11.6. The number of carbonyl (C=O) groups is 2. The largest absolute Gasteiger partial charge is 0.481 e. The van der Waals surface area contributed by atoms with Crippen molar-refractivity contribution < 1.29 is 19.2 Å². The van der Waals surface area contributed by atoms with E-state index < -0.39 is 5.97 Å². The lowest BCUT2D eigenvalue weighted by Crippen LogP contribution is -2.36. The molecule has 0 spiro atoms. The van der Waals surface area contributed by atoms with Gasteiger partial charge >= 0.3 is 12.0 Å². The van der Waals surface area contributed by atoms with Crippen LogP contribution in [0.15, 0.2) is 16.9 Å². The van der Waals surface area contributed by atoms with E-state index in [0.717, 1.165) is 6.42 Å². The zero-order valence-electron chi connectivity index (χ0n) is 12.5. The third-order valence-electron chi connectivity index (χ3n) is 3.39. The van der Waals surface area contributed by atoms with Gasteiger partial charge in [-0.3, -0.25) is 4.79 Å². The van der Waals surface area contributed by atoms with Gasteiger partial charge in [0.25, 0.3) is 0 Å². The van der Waals surface area contributed by atoms with Gasteiger partial charge in [-0.2, -0.15) is 0 Å². The normalized spacial score (nSPS) is 12.1. The van der Waals surface area contributed by atoms with Crippen LogP contribution in [0.1, 0.15) is 38.8 Å². The van der Waals surface area contributed by atoms with Crippen LogP contribution in [0, 0.1) is 11.8 Å². The molecule has 1 atom stereocenters. The number of carbonyl (C=O) groups excluding carboxylic acids is 1. The van der Waals surface area contributed by atoms with Crippen molar-refractivity contribution in [2.75, 3.05) is 6.54 Å². The van der Waals surface area contributed by atoms with E-state index in [4.69, 9.17) is 5.11 Å². The Hall–Kier alpha value is -2.05. The van der Waals surface area contributed by atoms with Gasteiger partial charge in [-0.1, -0.05) is 19.0 Å². The fourth-order valence-corrected chi connectivity index (χ4v) is 2.05. The van der Waals surface area contributed by atoms with Gasteiger partial charge in [0.1, 0.15) is 12.0 Å². The molecular weight excluding hydrogens is 274 g/mol. The van der Waals surface area contributed by atoms with Crippen LogP contribution in [0.3, 0.4) is 0 Å². The second-order valence-electron chi connectivity index (χ2n) is 5.33. The summed E-state index contributed by atoms with van der Waals surface area (Å²) in [5.41, 5.74) is 0.659. The number of nitrogens with one attached hydrogen (secondary N) is 2. The predicted molar refractivity (Wildman–Crippen MR) is 76.6 cm³/mol. The molecule has 0 aromatic carbocycles. The molecular formula is C14H23N3O4. The molecule has 1 rings (SSSR count). The van der Waals surface area contributed by atoms with Crippen LogP contribution in [0.5, 0.6) is 0 Å². The van der Waals surface area contributed by atoms with E-state index in [0.29, 0.717) is 31.1 Å². The van der Waals surface area contributed by atoms with E-state index in [1.807, 2.05) is 0 Å². The Morgan fingerprint density at radius 3 is 2.67 bits per heavy atom. The van der Waals surface area contributed by atoms with Crippen molar-refractivity contribution in [3.05, 3.63) is 18.0 Å². The van der Waals surface area contributed by atoms with E-state index in [9.17, 15) is 9.59 Å². The first-order valence-electron chi connectivity index (χ1n) is 7.11. The van der Waals surface area contributed by atoms with E-state index >= 15 is 0 Å². The Morgan fingerprint density at radius 1 is 1.33 bits per heavy atom. The number of aliphatic carboxylic acids is 1. The van der Waals surface area contributed by atoms with Crippen LogP contribution in [0.2, 0.25) is 0 Å². The van der Waals surface area contributed by atoms with Crippen molar-refractivity contribution in [2.45, 2.75) is 39.7 Å². The summed E-state index contributed by atoms with van der Waals surface area (Å²) in [4.78, 5) is 22.2. The van der Waals surface area contributed by atoms with Crippen molar-refractivity contribution in [3.63, 3.8) is 0 Å². The average molecular weight is 297 g/mol. The standard InChI is InChI=1S/C14H23N3O4/c1-10(2)11(3-4-13(18)19)5-7-15-14(20)16-9-12-6-8-21-17-12/h6,8,10-11H,3-5,7,9H2,1-2H3,(H,18,19)(H2,15,16,20). The van der Waals surface area contributed by atoms with Crippen LogP contribution < -0.4 is 10.6 Å². The monoisotopic (exact) mass is 297 g/mol. The van der Waals surface area contributed by atoms with Gasteiger partial charge < -0.3 is 20.3 Å². The summed E-state index contributed by atoms with van der Waals surface area (Å²) in [5, 5.41) is 17.8. The van der Waals surface area contributed by atoms with Crippen LogP contribution in [-0.4, -0.2) is 28.8 Å². The molecule has 2 amide bonds. The lowest BCUT2D eigenvalue weighted by atomic mass is 9.88. The highest BCUT2D eigenvalue weighted by Gasteiger charge is 2.15. The third-order valence-corrected chi connectivity index (χ3v) is 3.39. The number of nitrogens with zero attached hydrogens (tertiary/aromatic N) is 1. The molecule has 0 aliphatic carbocycles. The fraction of sp³-hybridized carbons (Fsp3) is 0.643. The van der Waals surface area contributed by atoms with Gasteiger partial charge in [0, 0.05) is 19.0 Å². The van der Waals surface area contributed by atoms with Gasteiger partial charge in [-0.05, 0) is 24.7 Å². The second-order valence-corrected chi connectivity index (χ2v) is 5.33. The minimum Gasteiger partial charge on any atom is -0.481 e. The molecule has 3 N–H and O–H groups in total. The molecule has 7 heteroatoms. The highest BCUT2D eigenvalue weighted by Crippen LogP contribution is 2.20. The third kappa shape index (κ3) is 7.34. The van der Waals surface area contributed by atoms with Gasteiger partial charge in [-0.15, -0.1) is 0 Å². The molecule has 21 heavy (non-hydrogen) atoms. The minimum atomic E-state index is -0.779. The topological polar surface area (TPSA) is 104 Å². The van der Waals surface area contributed by atoms with Gasteiger partial charge in [-0.25, -0.2) is 4.79 Å². The van der Waals surface area contributed by atoms with E-state index in [1.165, 1.54) is 6.26 Å². The van der Waals surface area contributed by atoms with Crippen molar-refractivity contribution in [2.24, 2.45) is 11.8 Å². The van der Waals surface area contributed by atoms with Crippen molar-refractivity contribution in [3.8, 4) is 0 Å². The van der Waals surface area contributed by atoms with Gasteiger partial charge in [0.2, 0.25) is 0 Å². The summed E-state index contributed by atoms with van der Waals surface area (Å²) in [5.74, 6) is -0.0970. The first-order chi connectivity index (χ1) is 9.99. The molecule has 0 radical (unpaired) electrons. The van der Waals surface area contributed by atoms with Crippen LogP contribution in [0.25, 0.3) is 0 Å². The lowest BCUT2D eigenvalue weighted by Gasteiger charge is -2.20. The Bertz CT molecular complexity index is 431. The summed E-state index contributed by atoms with van der Waals surface area (Å²) in [7, 11) is 0. The number of hydrogen-bond acceptors (Lipinski definition) is 4. The summed E-state index contributed by atoms with van der Waals surface area (Å²) < 4.78 is 4.66. The quantitative estimate of drug-likeness (QED) is 0.646. The minimum absolute atomic E-state index is 0.168. The zero-order chi connectivity index (χ0) is 15.7. The molecule has 1 aromatic heterocycles. The number of urea groups is 1. The number of hydrogen-bond donors (Lipinski definition) is 3. The molecule has 1 aromatic rings. The molecule has 118 valence electrons. The number of carboxylic acids is 1. The molecule has 0 aliphatic heterocycles. The van der Waals surface area contributed by atoms with E-state index in [1.54, 1.807) is 6.07 Å². The SMILES string of the molecule is CC(C)C(CCNC(=O)NCc1ccon1)CCC(=O)O.